The molecule has 0 aromatic heterocycles. The van der Waals surface area contributed by atoms with Crippen LogP contribution in [0.3, 0.4) is 0 Å². The SMILES string of the molecule is CCOc1cc2c(c3c1CCNC3C(=O)O)OC(C)C2. The van der Waals surface area contributed by atoms with E-state index in [0.717, 1.165) is 41.0 Å². The Kier molecular flexibility index (Phi) is 3.30. The van der Waals surface area contributed by atoms with Crippen molar-refractivity contribution >= 4 is 5.97 Å². The van der Waals surface area contributed by atoms with Gasteiger partial charge in [0.15, 0.2) is 0 Å². The molecule has 20 heavy (non-hydrogen) atoms. The fraction of sp³-hybridized carbons (Fsp3) is 0.533. The Hall–Kier alpha value is -1.75. The van der Waals surface area contributed by atoms with Gasteiger partial charge >= 0.3 is 5.97 Å². The number of hydrogen-bond donors (Lipinski definition) is 2. The van der Waals surface area contributed by atoms with Gasteiger partial charge in [-0.25, -0.2) is 0 Å². The highest BCUT2D eigenvalue weighted by atomic mass is 16.5. The Morgan fingerprint density at radius 3 is 3.10 bits per heavy atom. The molecular formula is C15H19NO4. The van der Waals surface area contributed by atoms with Crippen molar-refractivity contribution in [2.24, 2.45) is 0 Å². The van der Waals surface area contributed by atoms with Gasteiger partial charge in [-0.1, -0.05) is 0 Å². The number of fused-ring (bicyclic) bond motifs is 3. The highest BCUT2D eigenvalue weighted by Crippen LogP contribution is 2.44. The molecule has 5 heteroatoms. The summed E-state index contributed by atoms with van der Waals surface area (Å²) >= 11 is 0. The van der Waals surface area contributed by atoms with Crippen molar-refractivity contribution in [3.8, 4) is 11.5 Å². The van der Waals surface area contributed by atoms with Crippen LogP contribution in [0.4, 0.5) is 0 Å². The minimum Gasteiger partial charge on any atom is -0.494 e. The molecule has 0 fully saturated rings. The highest BCUT2D eigenvalue weighted by Gasteiger charge is 2.36. The molecule has 0 radical (unpaired) electrons. The summed E-state index contributed by atoms with van der Waals surface area (Å²) in [6.07, 6.45) is 1.65. The van der Waals surface area contributed by atoms with Gasteiger partial charge in [0.2, 0.25) is 0 Å². The highest BCUT2D eigenvalue weighted by molar-refractivity contribution is 5.79. The summed E-state index contributed by atoms with van der Waals surface area (Å²) in [4.78, 5) is 11.5. The molecular weight excluding hydrogens is 258 g/mol. The topological polar surface area (TPSA) is 67.8 Å². The molecule has 2 heterocycles. The van der Waals surface area contributed by atoms with E-state index in [0.29, 0.717) is 13.2 Å². The first kappa shape index (κ1) is 13.2. The van der Waals surface area contributed by atoms with Crippen LogP contribution in [0.2, 0.25) is 0 Å². The van der Waals surface area contributed by atoms with Gasteiger partial charge in [0.1, 0.15) is 23.6 Å². The number of benzene rings is 1. The minimum absolute atomic E-state index is 0.0855. The number of nitrogens with one attached hydrogen (secondary N) is 1. The number of carboxylic acid groups (broad SMARTS) is 1. The van der Waals surface area contributed by atoms with Crippen LogP contribution >= 0.6 is 0 Å². The number of ether oxygens (including phenoxy) is 2. The minimum atomic E-state index is -0.870. The first-order chi connectivity index (χ1) is 9.61. The summed E-state index contributed by atoms with van der Waals surface area (Å²) in [7, 11) is 0. The lowest BCUT2D eigenvalue weighted by Gasteiger charge is -2.27. The van der Waals surface area contributed by atoms with Gasteiger partial charge in [0, 0.05) is 29.7 Å². The lowest BCUT2D eigenvalue weighted by molar-refractivity contribution is -0.139. The van der Waals surface area contributed by atoms with Crippen molar-refractivity contribution < 1.29 is 19.4 Å². The van der Waals surface area contributed by atoms with E-state index in [9.17, 15) is 9.90 Å². The Balaban J connectivity index is 2.18. The molecule has 2 atom stereocenters. The summed E-state index contributed by atoms with van der Waals surface area (Å²) in [6, 6.07) is 1.31. The number of rotatable bonds is 3. The maximum absolute atomic E-state index is 11.5. The maximum atomic E-state index is 11.5. The van der Waals surface area contributed by atoms with Gasteiger partial charge in [-0.05, 0) is 26.3 Å². The van der Waals surface area contributed by atoms with Crippen LogP contribution in [0.1, 0.15) is 36.6 Å². The van der Waals surface area contributed by atoms with Crippen LogP contribution in [0.25, 0.3) is 0 Å². The summed E-state index contributed by atoms with van der Waals surface area (Å²) in [6.45, 7) is 5.15. The molecule has 0 saturated heterocycles. The molecule has 1 aromatic carbocycles. The van der Waals surface area contributed by atoms with Crippen LogP contribution in [0.15, 0.2) is 6.07 Å². The molecule has 0 saturated carbocycles. The largest absolute Gasteiger partial charge is 0.494 e. The maximum Gasteiger partial charge on any atom is 0.325 e. The van der Waals surface area contributed by atoms with E-state index in [4.69, 9.17) is 9.47 Å². The van der Waals surface area contributed by atoms with Crippen LogP contribution in [-0.2, 0) is 17.6 Å². The molecule has 2 N–H and O–H groups in total. The first-order valence-electron chi connectivity index (χ1n) is 7.06. The van der Waals surface area contributed by atoms with Gasteiger partial charge in [0.25, 0.3) is 0 Å². The third-order valence-corrected chi connectivity index (χ3v) is 3.85. The summed E-state index contributed by atoms with van der Waals surface area (Å²) in [5.74, 6) is 0.687. The average molecular weight is 277 g/mol. The van der Waals surface area contributed by atoms with E-state index in [1.165, 1.54) is 0 Å². The molecule has 0 aliphatic carbocycles. The molecule has 0 bridgehead atoms. The van der Waals surface area contributed by atoms with Gasteiger partial charge in [-0.3, -0.25) is 4.79 Å². The van der Waals surface area contributed by atoms with E-state index >= 15 is 0 Å². The van der Waals surface area contributed by atoms with Crippen LogP contribution in [-0.4, -0.2) is 30.3 Å². The quantitative estimate of drug-likeness (QED) is 0.880. The summed E-state index contributed by atoms with van der Waals surface area (Å²) in [5, 5.41) is 12.5. The lowest BCUT2D eigenvalue weighted by atomic mass is 9.90. The second-order valence-corrected chi connectivity index (χ2v) is 5.30. The van der Waals surface area contributed by atoms with Crippen molar-refractivity contribution in [2.75, 3.05) is 13.2 Å². The molecule has 0 amide bonds. The smallest absolute Gasteiger partial charge is 0.325 e. The van der Waals surface area contributed by atoms with Crippen molar-refractivity contribution in [3.63, 3.8) is 0 Å². The molecule has 2 unspecified atom stereocenters. The monoisotopic (exact) mass is 277 g/mol. The van der Waals surface area contributed by atoms with E-state index in [2.05, 4.69) is 5.32 Å². The zero-order valence-corrected chi connectivity index (χ0v) is 11.7. The van der Waals surface area contributed by atoms with Crippen LogP contribution < -0.4 is 14.8 Å². The number of hydrogen-bond acceptors (Lipinski definition) is 4. The Bertz CT molecular complexity index is 555. The number of carboxylic acids is 1. The van der Waals surface area contributed by atoms with Gasteiger partial charge in [-0.2, -0.15) is 0 Å². The Morgan fingerprint density at radius 1 is 1.60 bits per heavy atom. The molecule has 5 nitrogen and oxygen atoms in total. The predicted molar refractivity (Wildman–Crippen MR) is 73.5 cm³/mol. The summed E-state index contributed by atoms with van der Waals surface area (Å²) < 4.78 is 11.6. The third kappa shape index (κ3) is 2.02. The van der Waals surface area contributed by atoms with Crippen molar-refractivity contribution in [2.45, 2.75) is 38.8 Å². The van der Waals surface area contributed by atoms with Gasteiger partial charge in [0.05, 0.1) is 6.61 Å². The predicted octanol–water partition coefficient (Wildman–Crippen LogP) is 1.68. The molecule has 3 rings (SSSR count). The normalized spacial score (nSPS) is 23.7. The Morgan fingerprint density at radius 2 is 2.40 bits per heavy atom. The van der Waals surface area contributed by atoms with Crippen molar-refractivity contribution in [1.82, 2.24) is 5.32 Å². The Labute approximate surface area is 117 Å². The second kappa shape index (κ2) is 4.98. The van der Waals surface area contributed by atoms with Gasteiger partial charge in [-0.15, -0.1) is 0 Å². The number of aliphatic carboxylic acids is 1. The van der Waals surface area contributed by atoms with E-state index in [1.807, 2.05) is 19.9 Å². The molecule has 0 spiro atoms. The first-order valence-corrected chi connectivity index (χ1v) is 7.06. The average Bonchev–Trinajstić information content (AvgIpc) is 2.78. The standard InChI is InChI=1S/C15H19NO4/c1-3-19-11-7-9-6-8(2)20-14(9)12-10(11)4-5-16-13(12)15(17)18/h7-8,13,16H,3-6H2,1-2H3,(H,17,18). The van der Waals surface area contributed by atoms with E-state index in [-0.39, 0.29) is 6.10 Å². The van der Waals surface area contributed by atoms with Gasteiger partial charge < -0.3 is 19.9 Å². The third-order valence-electron chi connectivity index (χ3n) is 3.85. The zero-order valence-electron chi connectivity index (χ0n) is 11.7. The molecule has 2 aliphatic heterocycles. The number of carbonyl (C=O) groups is 1. The van der Waals surface area contributed by atoms with E-state index < -0.39 is 12.0 Å². The zero-order chi connectivity index (χ0) is 14.3. The van der Waals surface area contributed by atoms with Crippen molar-refractivity contribution in [1.29, 1.82) is 0 Å². The van der Waals surface area contributed by atoms with E-state index in [1.54, 1.807) is 0 Å². The van der Waals surface area contributed by atoms with Crippen molar-refractivity contribution in [3.05, 3.63) is 22.8 Å². The fourth-order valence-corrected chi connectivity index (χ4v) is 3.10. The molecule has 108 valence electrons. The van der Waals surface area contributed by atoms with Crippen LogP contribution in [0.5, 0.6) is 11.5 Å². The van der Waals surface area contributed by atoms with Crippen LogP contribution in [0, 0.1) is 0 Å². The molecule has 1 aromatic rings. The lowest BCUT2D eigenvalue weighted by Crippen LogP contribution is -2.35. The fourth-order valence-electron chi connectivity index (χ4n) is 3.10. The summed E-state index contributed by atoms with van der Waals surface area (Å²) in [5.41, 5.74) is 2.79. The second-order valence-electron chi connectivity index (χ2n) is 5.30. The molecule has 2 aliphatic rings.